The largest absolute Gasteiger partial charge is 0.367 e. The highest BCUT2D eigenvalue weighted by atomic mass is 35.5. The van der Waals surface area contributed by atoms with Gasteiger partial charge in [0, 0.05) is 33.0 Å². The Hall–Kier alpha value is -1.52. The second kappa shape index (κ2) is 8.04. The monoisotopic (exact) mass is 380 g/mol. The van der Waals surface area contributed by atoms with E-state index in [0.717, 1.165) is 11.1 Å². The van der Waals surface area contributed by atoms with E-state index in [1.165, 1.54) is 0 Å². The zero-order chi connectivity index (χ0) is 16.9. The van der Waals surface area contributed by atoms with Gasteiger partial charge in [0.15, 0.2) is 0 Å². The van der Waals surface area contributed by atoms with Crippen molar-refractivity contribution in [1.82, 2.24) is 9.55 Å². The lowest BCUT2D eigenvalue weighted by Crippen LogP contribution is -2.12. The molecule has 0 fully saturated rings. The number of ether oxygens (including phenoxy) is 1. The summed E-state index contributed by atoms with van der Waals surface area (Å²) in [5.41, 5.74) is 1.81. The van der Waals surface area contributed by atoms with Crippen molar-refractivity contribution >= 4 is 34.8 Å². The van der Waals surface area contributed by atoms with Gasteiger partial charge in [-0.2, -0.15) is 0 Å². The van der Waals surface area contributed by atoms with Gasteiger partial charge in [-0.25, -0.2) is 4.98 Å². The first-order valence-corrected chi connectivity index (χ1v) is 8.52. The number of hydrogen-bond donors (Lipinski definition) is 0. The van der Waals surface area contributed by atoms with Crippen LogP contribution in [0.25, 0.3) is 0 Å². The molecule has 24 heavy (non-hydrogen) atoms. The van der Waals surface area contributed by atoms with Gasteiger partial charge in [-0.15, -0.1) is 0 Å². The minimum atomic E-state index is -0.250. The molecule has 0 saturated carbocycles. The average Bonchev–Trinajstić information content (AvgIpc) is 3.06. The third-order valence-electron chi connectivity index (χ3n) is 3.64. The predicted octanol–water partition coefficient (Wildman–Crippen LogP) is 5.80. The second-order valence-electron chi connectivity index (χ2n) is 5.32. The fraction of sp³-hybridized carbons (Fsp3) is 0.167. The fourth-order valence-corrected chi connectivity index (χ4v) is 3.12. The summed E-state index contributed by atoms with van der Waals surface area (Å²) < 4.78 is 8.08. The van der Waals surface area contributed by atoms with Crippen molar-refractivity contribution in [3.05, 3.63) is 87.4 Å². The summed E-state index contributed by atoms with van der Waals surface area (Å²) in [4.78, 5) is 4.07. The minimum absolute atomic E-state index is 0.250. The summed E-state index contributed by atoms with van der Waals surface area (Å²) in [6.45, 7) is 0.976. The van der Waals surface area contributed by atoms with Crippen LogP contribution < -0.4 is 0 Å². The van der Waals surface area contributed by atoms with E-state index in [4.69, 9.17) is 39.5 Å². The van der Waals surface area contributed by atoms with Crippen LogP contribution in [-0.2, 0) is 17.9 Å². The third kappa shape index (κ3) is 4.31. The van der Waals surface area contributed by atoms with Crippen LogP contribution in [0.5, 0.6) is 0 Å². The van der Waals surface area contributed by atoms with E-state index >= 15 is 0 Å². The van der Waals surface area contributed by atoms with Gasteiger partial charge in [-0.05, 0) is 23.8 Å². The molecule has 3 nitrogen and oxygen atoms in total. The molecule has 3 aromatic rings. The van der Waals surface area contributed by atoms with Crippen molar-refractivity contribution in [2.45, 2.75) is 19.3 Å². The molecule has 0 saturated heterocycles. The molecule has 0 N–H and O–H groups in total. The fourth-order valence-electron chi connectivity index (χ4n) is 2.40. The maximum Gasteiger partial charge on any atom is 0.102 e. The molecule has 0 aliphatic heterocycles. The van der Waals surface area contributed by atoms with E-state index in [9.17, 15) is 0 Å². The molecule has 3 rings (SSSR count). The second-order valence-corrected chi connectivity index (χ2v) is 6.57. The Morgan fingerprint density at radius 2 is 1.88 bits per heavy atom. The molecule has 0 aliphatic rings. The maximum atomic E-state index is 6.36. The van der Waals surface area contributed by atoms with E-state index in [0.29, 0.717) is 28.2 Å². The van der Waals surface area contributed by atoms with Gasteiger partial charge >= 0.3 is 0 Å². The Kier molecular flexibility index (Phi) is 5.80. The van der Waals surface area contributed by atoms with E-state index in [2.05, 4.69) is 4.98 Å². The number of rotatable bonds is 6. The highest BCUT2D eigenvalue weighted by molar-refractivity contribution is 6.35. The molecule has 1 atom stereocenters. The first-order chi connectivity index (χ1) is 11.6. The number of hydrogen-bond acceptors (Lipinski definition) is 2. The summed E-state index contributed by atoms with van der Waals surface area (Å²) in [7, 11) is 0. The topological polar surface area (TPSA) is 27.1 Å². The summed E-state index contributed by atoms with van der Waals surface area (Å²) in [5, 5.41) is 1.85. The molecule has 6 heteroatoms. The van der Waals surface area contributed by atoms with Crippen molar-refractivity contribution in [1.29, 1.82) is 0 Å². The zero-order valence-electron chi connectivity index (χ0n) is 12.7. The Balaban J connectivity index is 1.83. The molecular formula is C18H15Cl3N2O. The van der Waals surface area contributed by atoms with Gasteiger partial charge in [0.2, 0.25) is 0 Å². The molecule has 0 radical (unpaired) electrons. The molecule has 0 spiro atoms. The van der Waals surface area contributed by atoms with Gasteiger partial charge in [0.25, 0.3) is 0 Å². The van der Waals surface area contributed by atoms with Crippen LogP contribution >= 0.6 is 34.8 Å². The number of benzene rings is 2. The molecular weight excluding hydrogens is 367 g/mol. The summed E-state index contributed by atoms with van der Waals surface area (Å²) in [5.74, 6) is 0. The molecule has 1 aromatic heterocycles. The lowest BCUT2D eigenvalue weighted by Gasteiger charge is -2.20. The van der Waals surface area contributed by atoms with Crippen molar-refractivity contribution in [3.63, 3.8) is 0 Å². The van der Waals surface area contributed by atoms with E-state index in [1.54, 1.807) is 18.6 Å². The van der Waals surface area contributed by atoms with Gasteiger partial charge in [-0.3, -0.25) is 0 Å². The van der Waals surface area contributed by atoms with Gasteiger partial charge in [0.1, 0.15) is 6.10 Å². The molecule has 0 aliphatic carbocycles. The highest BCUT2D eigenvalue weighted by Crippen LogP contribution is 2.31. The maximum absolute atomic E-state index is 6.36. The Labute approximate surface area is 155 Å². The Bertz CT molecular complexity index is 806. The van der Waals surface area contributed by atoms with Crippen LogP contribution in [0.3, 0.4) is 0 Å². The lowest BCUT2D eigenvalue weighted by atomic mass is 10.1. The quantitative estimate of drug-likeness (QED) is 0.539. The van der Waals surface area contributed by atoms with Crippen molar-refractivity contribution in [2.24, 2.45) is 0 Å². The molecule has 124 valence electrons. The van der Waals surface area contributed by atoms with Crippen LogP contribution in [-0.4, -0.2) is 9.55 Å². The number of nitrogens with zero attached hydrogens (tertiary/aromatic N) is 2. The Morgan fingerprint density at radius 1 is 1.04 bits per heavy atom. The summed E-state index contributed by atoms with van der Waals surface area (Å²) >= 11 is 18.6. The van der Waals surface area contributed by atoms with Crippen LogP contribution in [0.15, 0.2) is 61.2 Å². The van der Waals surface area contributed by atoms with Crippen LogP contribution in [0.4, 0.5) is 0 Å². The first-order valence-electron chi connectivity index (χ1n) is 7.39. The van der Waals surface area contributed by atoms with Gasteiger partial charge in [0.05, 0.1) is 19.5 Å². The van der Waals surface area contributed by atoms with Gasteiger partial charge < -0.3 is 9.30 Å². The molecule has 0 bridgehead atoms. The first kappa shape index (κ1) is 17.3. The van der Waals surface area contributed by atoms with E-state index in [-0.39, 0.29) is 6.10 Å². The van der Waals surface area contributed by atoms with Crippen molar-refractivity contribution in [3.8, 4) is 0 Å². The number of halogens is 3. The van der Waals surface area contributed by atoms with E-state index in [1.807, 2.05) is 47.2 Å². The van der Waals surface area contributed by atoms with Crippen molar-refractivity contribution in [2.75, 3.05) is 0 Å². The molecule has 1 unspecified atom stereocenters. The zero-order valence-corrected chi connectivity index (χ0v) is 15.0. The minimum Gasteiger partial charge on any atom is -0.367 e. The lowest BCUT2D eigenvalue weighted by molar-refractivity contribution is 0.0281. The van der Waals surface area contributed by atoms with Crippen molar-refractivity contribution < 1.29 is 4.74 Å². The summed E-state index contributed by atoms with van der Waals surface area (Å²) in [6.07, 6.45) is 5.11. The molecule has 2 aromatic carbocycles. The van der Waals surface area contributed by atoms with Crippen LogP contribution in [0, 0.1) is 0 Å². The van der Waals surface area contributed by atoms with Crippen LogP contribution in [0.1, 0.15) is 17.2 Å². The standard InChI is InChI=1S/C18H15Cl3N2O/c19-14-5-6-15(17(21)9-14)18(10-23-8-7-22-12-23)24-11-13-3-1-2-4-16(13)20/h1-9,12,18H,10-11H2. The van der Waals surface area contributed by atoms with Crippen LogP contribution in [0.2, 0.25) is 15.1 Å². The molecule has 1 heterocycles. The summed E-state index contributed by atoms with van der Waals surface area (Å²) in [6, 6.07) is 13.0. The number of imidazole rings is 1. The normalized spacial score (nSPS) is 12.3. The smallest absolute Gasteiger partial charge is 0.102 e. The van der Waals surface area contributed by atoms with E-state index < -0.39 is 0 Å². The SMILES string of the molecule is Clc1ccc(C(Cn2ccnc2)OCc2ccccc2Cl)c(Cl)c1. The molecule has 0 amide bonds. The number of aromatic nitrogens is 2. The Morgan fingerprint density at radius 3 is 2.58 bits per heavy atom. The highest BCUT2D eigenvalue weighted by Gasteiger charge is 2.17. The van der Waals surface area contributed by atoms with Gasteiger partial charge in [-0.1, -0.05) is 59.1 Å². The average molecular weight is 382 g/mol. The predicted molar refractivity (Wildman–Crippen MR) is 97.7 cm³/mol. The third-order valence-corrected chi connectivity index (χ3v) is 4.57.